The van der Waals surface area contributed by atoms with Gasteiger partial charge in [0.25, 0.3) is 16.7 Å². The lowest BCUT2D eigenvalue weighted by Crippen LogP contribution is -2.42. The van der Waals surface area contributed by atoms with Crippen LogP contribution in [0.4, 0.5) is 52.7 Å². The predicted molar refractivity (Wildman–Crippen MR) is 544 cm³/mol. The van der Waals surface area contributed by atoms with Gasteiger partial charge in [-0.3, -0.25) is 28.8 Å². The molecular formula is C111H124F12N12O6S3. The Morgan fingerprint density at radius 3 is 1.17 bits per heavy atom. The summed E-state index contributed by atoms with van der Waals surface area (Å²) in [6.45, 7) is -27.1. The topological polar surface area (TPSA) is 175 Å². The molecule has 3 heterocycles. The third kappa shape index (κ3) is 29.8. The average molecular weight is 2110 g/mol. The van der Waals surface area contributed by atoms with Crippen molar-refractivity contribution in [1.29, 1.82) is 0 Å². The lowest BCUT2D eigenvalue weighted by atomic mass is 9.82. The summed E-state index contributed by atoms with van der Waals surface area (Å²) in [6, 6.07) is -22.9. The number of hydrogen-bond acceptors (Lipinski definition) is 15. The molecular weight excluding hydrogens is 1920 g/mol. The van der Waals surface area contributed by atoms with Crippen LogP contribution >= 0.6 is 35.3 Å². The van der Waals surface area contributed by atoms with E-state index in [0.717, 1.165) is 72.1 Å². The minimum Gasteiger partial charge on any atom is -0.336 e. The van der Waals surface area contributed by atoms with Crippen molar-refractivity contribution in [1.82, 2.24) is 58.1 Å². The summed E-state index contributed by atoms with van der Waals surface area (Å²) in [7, 11) is 0. The Bertz CT molecular complexity index is 9720. The summed E-state index contributed by atoms with van der Waals surface area (Å²) in [6.07, 6.45) is -34.5. The van der Waals surface area contributed by atoms with Crippen molar-refractivity contribution in [3.63, 3.8) is 0 Å². The van der Waals surface area contributed by atoms with Gasteiger partial charge in [0.15, 0.2) is 15.5 Å². The summed E-state index contributed by atoms with van der Waals surface area (Å²) in [5, 5.41) is -2.75. The molecule has 10 aromatic rings. The Labute approximate surface area is 932 Å². The van der Waals surface area contributed by atoms with E-state index in [0.29, 0.717) is 52.5 Å². The molecule has 0 saturated heterocycles. The molecule has 766 valence electrons. The van der Waals surface area contributed by atoms with E-state index in [1.165, 1.54) is 36.4 Å². The van der Waals surface area contributed by atoms with Crippen LogP contribution in [0.5, 0.6) is 0 Å². The molecule has 0 spiro atoms. The first-order valence-corrected chi connectivity index (χ1v) is 45.2. The van der Waals surface area contributed by atoms with E-state index < -0.39 is 517 Å². The molecule has 0 saturated carbocycles. The fourth-order valence-corrected chi connectivity index (χ4v) is 15.9. The van der Waals surface area contributed by atoms with Gasteiger partial charge in [-0.2, -0.15) is 54.5 Å². The lowest BCUT2D eigenvalue weighted by Gasteiger charge is -2.30. The van der Waals surface area contributed by atoms with E-state index in [-0.39, 0.29) is 75.4 Å². The molecule has 3 aromatic heterocycles. The number of carbonyl (C=O) groups is 3. The maximum Gasteiger partial charge on any atom is 0.416 e. The van der Waals surface area contributed by atoms with E-state index >= 15 is 4.79 Å². The predicted octanol–water partition coefficient (Wildman–Crippen LogP) is 22.4. The van der Waals surface area contributed by atoms with Crippen molar-refractivity contribution in [3.8, 4) is 22.3 Å². The summed E-state index contributed by atoms with van der Waals surface area (Å²) >= 11 is -0.492. The number of benzene rings is 7. The molecule has 0 radical (unpaired) electrons. The molecule has 6 unspecified atom stereocenters. The second kappa shape index (κ2) is 50.6. The third-order valence-corrected chi connectivity index (χ3v) is 23.2. The molecule has 7 aromatic carbocycles. The van der Waals surface area contributed by atoms with Gasteiger partial charge in [-0.05, 0) is 242 Å². The molecule has 5 aliphatic rings. The van der Waals surface area contributed by atoms with Crippen LogP contribution in [0.15, 0.2) is 246 Å². The smallest absolute Gasteiger partial charge is 0.336 e. The van der Waals surface area contributed by atoms with E-state index in [1.54, 1.807) is 0 Å². The van der Waals surface area contributed by atoms with Gasteiger partial charge in [0.2, 0.25) is 17.7 Å². The van der Waals surface area contributed by atoms with Crippen LogP contribution in [0.25, 0.3) is 22.3 Å². The zero-order chi connectivity index (χ0) is 157. The van der Waals surface area contributed by atoms with Gasteiger partial charge in [-0.25, -0.2) is 13.2 Å². The van der Waals surface area contributed by atoms with Gasteiger partial charge in [-0.15, -0.1) is 0 Å². The first-order valence-electron chi connectivity index (χ1n) is 73.5. The number of hydrogen-bond donors (Lipinski definition) is 0. The third-order valence-electron chi connectivity index (χ3n) is 20.8. The van der Waals surface area contributed by atoms with E-state index in [4.69, 9.17) is 75.4 Å². The number of halogens is 12. The van der Waals surface area contributed by atoms with Gasteiger partial charge < -0.3 is 43.1 Å². The first-order chi connectivity index (χ1) is 92.4. The standard InChI is InChI=1S/2C37H40F4N4O2S.C37H44F4N4O2S/c2*1-4-43(5-2)18-19-44(22-26-6-10-28(11-7-26)29-12-14-30(15-13-29)37(39,40)41)34(46)23-45-33-21-25(3)20-32(33)35(47)42-36(45)48-24-27-8-16-31(38)17-9-27;1-4-43(5-2)19-20-44(22-26-9-13-28(14-10-26)29-15-18-32(25(3)21-29)37(39,40)41)34(46)23-45-33-8-6-7-31(33)35(47)42-36(45)48-24-27-11-16-30(38)17-12-27/h2*6-17,25H,4-5,18-24H2,1-3H3;9,11-13,15-18,25H,4-8,10,14,19-24H2,1-3H3/i4D2,5D2,6D,7D,8D,9D,10D,11D,12D,13D,14D,15D,16D,17D,20D2,21D2,22D2,24D2,25D;4D2,5D2,8D,9D,16D,17D,20D2,21D2,22D2,24D2,25D;4D2,5D2,9D,10D,11D,12D,13D,14D,15D,16D,17D,18D,21D,22D2,24D2. The number of alkyl halides is 9. The largest absolute Gasteiger partial charge is 0.416 e. The van der Waals surface area contributed by atoms with Crippen LogP contribution in [0.1, 0.15) is 244 Å². The molecule has 33 heteroatoms. The zero-order valence-electron chi connectivity index (χ0n) is 138. The Morgan fingerprint density at radius 1 is 0.403 bits per heavy atom. The van der Waals surface area contributed by atoms with Crippen LogP contribution in [0.3, 0.4) is 0 Å². The molecule has 0 bridgehead atoms. The number of amides is 3. The molecule has 0 N–H and O–H groups in total. The van der Waals surface area contributed by atoms with E-state index in [2.05, 4.69) is 15.0 Å². The zero-order valence-corrected chi connectivity index (χ0v) is 79.4. The van der Waals surface area contributed by atoms with Gasteiger partial charge in [-0.1, -0.05) is 236 Å². The lowest BCUT2D eigenvalue weighted by molar-refractivity contribution is -0.138. The average Bonchev–Trinajstić information content (AvgIpc) is 1.52. The minimum absolute atomic E-state index is 0.0182. The van der Waals surface area contributed by atoms with Gasteiger partial charge >= 0.3 is 18.5 Å². The Balaban J connectivity index is 0.000000247. The highest BCUT2D eigenvalue weighted by atomic mass is 32.2. The van der Waals surface area contributed by atoms with Crippen LogP contribution in [0, 0.1) is 35.2 Å². The molecule has 144 heavy (non-hydrogen) atoms. The Hall–Kier alpha value is -11.4. The Kier molecular flexibility index (Phi) is 19.1. The van der Waals surface area contributed by atoms with Gasteiger partial charge in [0.1, 0.15) is 37.1 Å². The number of thioether (sulfide) groups is 3. The number of rotatable bonds is 39. The quantitative estimate of drug-likeness (QED) is 0.0202. The van der Waals surface area contributed by atoms with Crippen molar-refractivity contribution < 1.29 is 151 Å². The minimum atomic E-state index is -5.46. The van der Waals surface area contributed by atoms with Crippen LogP contribution in [-0.2, 0) is 115 Å². The van der Waals surface area contributed by atoms with Crippen molar-refractivity contribution in [2.24, 2.45) is 17.7 Å². The molecule has 0 aliphatic heterocycles. The SMILES string of the molecule is [2H]C1=C(C2=C([2H])C([2H])=C(C(F)(F)F)C(C)C2[2H])C([2H])C([2H])C(C([2H])([2H])N(CCN(C([2H])([2H])C)C([2H])([2H])C)C(=O)Cn2c(SC([2H])([2H])c3c([2H])c([2H])c(F)c([2H])c3[2H])nc(=O)c3c2CCC3)=C1[2H].[2H]c1c([2H])c(C([2H])([2H])Sc2nc(=O)c3c(n2CC(=O)N(CCN(C([2H])([2H])C)C([2H])([2H])C)C([2H])([2H])c2c([2H])c([2H])c(-c4c([2H])c([2H])c(C(F)(F)F)c([2H])c4[2H])c([2H])c2[2H])C([2H])([2H])C([2H])(C)C3([2H])[2H])c([2H])c([2H])c1F.[2H]c1c([2H])c(C([2H])([2H])Sc2nc(=O)c3c(n2CC(=O)N(CCN(C([2H])([2H])C)C([2H])([2H])C)C([2H])([2H])c2ccc(-c4ccc(C(F)(F)F)cc4)cc2)C([2H])([2H])C([2H])(C)C3([2H])[2H])c([2H])c([2H])c1F. The summed E-state index contributed by atoms with van der Waals surface area (Å²) in [5.74, 6) is -17.1. The summed E-state index contributed by atoms with van der Waals surface area (Å²) in [5.41, 5.74) is -31.9. The highest BCUT2D eigenvalue weighted by molar-refractivity contribution is 7.98. The second-order valence-electron chi connectivity index (χ2n) is 30.4. The molecule has 3 amide bonds. The van der Waals surface area contributed by atoms with Crippen LogP contribution < -0.4 is 16.7 Å². The second-order valence-corrected chi connectivity index (χ2v) is 32.7. The van der Waals surface area contributed by atoms with E-state index in [1.807, 2.05) is 0 Å². The van der Waals surface area contributed by atoms with Gasteiger partial charge in [0.05, 0.1) is 52.2 Å². The number of allylic oxidation sites excluding steroid dienone is 7. The fraction of sp³-hybridized carbons (Fsp3) is 0.414. The van der Waals surface area contributed by atoms with Gasteiger partial charge in [0, 0.05) is 158 Å². The van der Waals surface area contributed by atoms with Crippen LogP contribution in [-0.4, -0.2) is 167 Å². The molecule has 0 fully saturated rings. The van der Waals surface area contributed by atoms with E-state index in [9.17, 15) is 84.9 Å². The highest BCUT2D eigenvalue weighted by Crippen LogP contribution is 2.42. The number of likely N-dealkylation sites (N-methyl/N-ethyl adjacent to an activating group) is 3. The van der Waals surface area contributed by atoms with Crippen LogP contribution in [0.2, 0.25) is 0 Å². The molecule has 6 atom stereocenters. The number of nitrogens with zero attached hydrogens (tertiary/aromatic N) is 12. The maximum atomic E-state index is 15.1. The maximum absolute atomic E-state index is 15.1. The molecule has 15 rings (SSSR count). The van der Waals surface area contributed by atoms with Crippen molar-refractivity contribution >= 4 is 53.0 Å². The molecule has 18 nitrogen and oxygen atoms in total. The number of fused-ring (bicyclic) bond motifs is 3. The molecule has 5 aliphatic carbocycles. The van der Waals surface area contributed by atoms with Crippen molar-refractivity contribution in [2.45, 2.75) is 210 Å². The van der Waals surface area contributed by atoms with Crippen molar-refractivity contribution in [3.05, 3.63) is 337 Å². The first kappa shape index (κ1) is 54.4. The number of aromatic nitrogens is 6. The summed E-state index contributed by atoms with van der Waals surface area (Å²) in [4.78, 5) is 99.4. The Morgan fingerprint density at radius 2 is 0.771 bits per heavy atom. The fourth-order valence-electron chi connectivity index (χ4n) is 13.8. The highest BCUT2D eigenvalue weighted by Gasteiger charge is 2.40. The normalized spacial score (nSPS) is 27.1. The number of carbonyl (C=O) groups excluding carboxylic acids is 3. The summed E-state index contributed by atoms with van der Waals surface area (Å²) < 4.78 is 691. The monoisotopic (exact) mass is 2110 g/mol. The van der Waals surface area contributed by atoms with Crippen molar-refractivity contribution in [2.75, 3.05) is 84.7 Å².